The molecule has 1 aromatic heterocycles. The fourth-order valence-corrected chi connectivity index (χ4v) is 4.20. The smallest absolute Gasteiger partial charge is 0.108 e. The van der Waals surface area contributed by atoms with Crippen LogP contribution >= 0.6 is 0 Å². The van der Waals surface area contributed by atoms with Crippen LogP contribution in [0.25, 0.3) is 0 Å². The van der Waals surface area contributed by atoms with Crippen molar-refractivity contribution in [3.05, 3.63) is 59.5 Å². The molecule has 3 heteroatoms. The maximum absolute atomic E-state index is 5.62. The first kappa shape index (κ1) is 15.9. The summed E-state index contributed by atoms with van der Waals surface area (Å²) in [6.45, 7) is 3.62. The number of likely N-dealkylation sites (tertiary alicyclic amines) is 1. The van der Waals surface area contributed by atoms with Gasteiger partial charge in [-0.3, -0.25) is 0 Å². The Morgan fingerprint density at radius 1 is 1.04 bits per heavy atom. The number of piperidine rings is 1. The third kappa shape index (κ3) is 3.73. The van der Waals surface area contributed by atoms with E-state index in [1.807, 2.05) is 6.26 Å². The SMILES string of the molecule is c1ccc(CCN2CCC(NC3CCCc4occc43)CC2)cc1. The van der Waals surface area contributed by atoms with E-state index in [1.165, 1.54) is 68.6 Å². The Kier molecular flexibility index (Phi) is 5.00. The molecule has 1 aliphatic carbocycles. The fourth-order valence-electron chi connectivity index (χ4n) is 4.20. The van der Waals surface area contributed by atoms with Gasteiger partial charge in [-0.15, -0.1) is 0 Å². The van der Waals surface area contributed by atoms with E-state index in [2.05, 4.69) is 46.6 Å². The Morgan fingerprint density at radius 3 is 2.71 bits per heavy atom. The summed E-state index contributed by atoms with van der Waals surface area (Å²) in [5.41, 5.74) is 2.86. The summed E-state index contributed by atoms with van der Waals surface area (Å²) in [4.78, 5) is 2.62. The lowest BCUT2D eigenvalue weighted by Gasteiger charge is -2.35. The molecule has 1 fully saturated rings. The minimum absolute atomic E-state index is 0.508. The lowest BCUT2D eigenvalue weighted by atomic mass is 9.91. The topological polar surface area (TPSA) is 28.4 Å². The first-order chi connectivity index (χ1) is 11.9. The molecular formula is C21H28N2O. The van der Waals surface area contributed by atoms with Gasteiger partial charge in [0.15, 0.2) is 0 Å². The highest BCUT2D eigenvalue weighted by molar-refractivity contribution is 5.24. The number of nitrogens with one attached hydrogen (secondary N) is 1. The number of benzene rings is 1. The van der Waals surface area contributed by atoms with Crippen LogP contribution < -0.4 is 5.32 Å². The number of nitrogens with zero attached hydrogens (tertiary/aromatic N) is 1. The summed E-state index contributed by atoms with van der Waals surface area (Å²) in [5.74, 6) is 1.21. The molecule has 2 heterocycles. The van der Waals surface area contributed by atoms with Crippen LogP contribution in [-0.4, -0.2) is 30.6 Å². The highest BCUT2D eigenvalue weighted by Crippen LogP contribution is 2.31. The molecule has 1 aromatic carbocycles. The number of hydrogen-bond donors (Lipinski definition) is 1. The number of aryl methyl sites for hydroxylation is 1. The van der Waals surface area contributed by atoms with Gasteiger partial charge in [0.25, 0.3) is 0 Å². The Morgan fingerprint density at radius 2 is 1.88 bits per heavy atom. The molecule has 24 heavy (non-hydrogen) atoms. The van der Waals surface area contributed by atoms with E-state index in [-0.39, 0.29) is 0 Å². The van der Waals surface area contributed by atoms with Crippen LogP contribution in [0.3, 0.4) is 0 Å². The molecule has 0 bridgehead atoms. The van der Waals surface area contributed by atoms with Crippen LogP contribution in [0.5, 0.6) is 0 Å². The average Bonchev–Trinajstić information content (AvgIpc) is 3.12. The standard InChI is InChI=1S/C21H28N2O/c1-2-5-17(6-3-1)9-13-23-14-10-18(11-15-23)22-20-7-4-8-21-19(20)12-16-24-21/h1-3,5-6,12,16,18,20,22H,4,7-11,13-15H2. The highest BCUT2D eigenvalue weighted by Gasteiger charge is 2.26. The third-order valence-electron chi connectivity index (χ3n) is 5.64. The summed E-state index contributed by atoms with van der Waals surface area (Å²) >= 11 is 0. The lowest BCUT2D eigenvalue weighted by molar-refractivity contribution is 0.189. The van der Waals surface area contributed by atoms with E-state index < -0.39 is 0 Å². The van der Waals surface area contributed by atoms with E-state index in [1.54, 1.807) is 0 Å². The molecule has 0 spiro atoms. The van der Waals surface area contributed by atoms with Gasteiger partial charge in [0.05, 0.1) is 6.26 Å². The molecule has 1 aliphatic heterocycles. The van der Waals surface area contributed by atoms with E-state index >= 15 is 0 Å². The summed E-state index contributed by atoms with van der Waals surface area (Å²) in [7, 11) is 0. The zero-order chi connectivity index (χ0) is 16.2. The largest absolute Gasteiger partial charge is 0.469 e. The van der Waals surface area contributed by atoms with Crippen LogP contribution in [0.1, 0.15) is 48.6 Å². The second-order valence-corrected chi connectivity index (χ2v) is 7.26. The molecule has 2 aliphatic rings. The van der Waals surface area contributed by atoms with E-state index in [0.717, 1.165) is 6.42 Å². The van der Waals surface area contributed by atoms with Crippen molar-refractivity contribution in [3.63, 3.8) is 0 Å². The molecule has 0 radical (unpaired) electrons. The predicted molar refractivity (Wildman–Crippen MR) is 97.1 cm³/mol. The molecule has 0 amide bonds. The van der Waals surface area contributed by atoms with Crippen LogP contribution in [0.2, 0.25) is 0 Å². The molecule has 1 saturated heterocycles. The van der Waals surface area contributed by atoms with Gasteiger partial charge < -0.3 is 14.6 Å². The van der Waals surface area contributed by atoms with E-state index in [4.69, 9.17) is 4.42 Å². The summed E-state index contributed by atoms with van der Waals surface area (Å²) in [6, 6.07) is 14.2. The van der Waals surface area contributed by atoms with Gasteiger partial charge in [-0.2, -0.15) is 0 Å². The van der Waals surface area contributed by atoms with Gasteiger partial charge in [-0.1, -0.05) is 30.3 Å². The normalized spacial score (nSPS) is 22.4. The number of rotatable bonds is 5. The first-order valence-electron chi connectivity index (χ1n) is 9.47. The minimum atomic E-state index is 0.508. The van der Waals surface area contributed by atoms with Gasteiger partial charge in [-0.05, 0) is 56.8 Å². The van der Waals surface area contributed by atoms with Gasteiger partial charge in [-0.25, -0.2) is 0 Å². The minimum Gasteiger partial charge on any atom is -0.469 e. The zero-order valence-corrected chi connectivity index (χ0v) is 14.4. The van der Waals surface area contributed by atoms with Crippen molar-refractivity contribution in [3.8, 4) is 0 Å². The lowest BCUT2D eigenvalue weighted by Crippen LogP contribution is -2.44. The summed E-state index contributed by atoms with van der Waals surface area (Å²) in [5, 5.41) is 3.91. The van der Waals surface area contributed by atoms with Crippen LogP contribution in [0.4, 0.5) is 0 Å². The second-order valence-electron chi connectivity index (χ2n) is 7.26. The molecule has 1 N–H and O–H groups in total. The monoisotopic (exact) mass is 324 g/mol. The number of hydrogen-bond acceptors (Lipinski definition) is 3. The second kappa shape index (κ2) is 7.54. The maximum Gasteiger partial charge on any atom is 0.108 e. The zero-order valence-electron chi connectivity index (χ0n) is 14.4. The molecule has 1 unspecified atom stereocenters. The average molecular weight is 324 g/mol. The van der Waals surface area contributed by atoms with Gasteiger partial charge in [0, 0.05) is 30.6 Å². The molecular weight excluding hydrogens is 296 g/mol. The van der Waals surface area contributed by atoms with Crippen molar-refractivity contribution in [2.45, 2.75) is 50.6 Å². The molecule has 2 aromatic rings. The van der Waals surface area contributed by atoms with Crippen LogP contribution in [0.15, 0.2) is 47.1 Å². The Balaban J connectivity index is 1.24. The molecule has 3 nitrogen and oxygen atoms in total. The van der Waals surface area contributed by atoms with Crippen LogP contribution in [-0.2, 0) is 12.8 Å². The van der Waals surface area contributed by atoms with Crippen LogP contribution in [0, 0.1) is 0 Å². The van der Waals surface area contributed by atoms with Crippen molar-refractivity contribution >= 4 is 0 Å². The third-order valence-corrected chi connectivity index (χ3v) is 5.64. The molecule has 1 atom stereocenters. The van der Waals surface area contributed by atoms with Crippen molar-refractivity contribution in [2.75, 3.05) is 19.6 Å². The molecule has 4 rings (SSSR count). The Hall–Kier alpha value is -1.58. The highest BCUT2D eigenvalue weighted by atomic mass is 16.3. The van der Waals surface area contributed by atoms with E-state index in [9.17, 15) is 0 Å². The van der Waals surface area contributed by atoms with Gasteiger partial charge in [0.1, 0.15) is 5.76 Å². The van der Waals surface area contributed by atoms with E-state index in [0.29, 0.717) is 12.1 Å². The molecule has 0 saturated carbocycles. The quantitative estimate of drug-likeness (QED) is 0.902. The first-order valence-corrected chi connectivity index (χ1v) is 9.47. The predicted octanol–water partition coefficient (Wildman–Crippen LogP) is 3.95. The summed E-state index contributed by atoms with van der Waals surface area (Å²) < 4.78 is 5.62. The number of furan rings is 1. The molecule has 128 valence electrons. The van der Waals surface area contributed by atoms with Crippen molar-refractivity contribution in [1.29, 1.82) is 0 Å². The Labute approximate surface area is 145 Å². The Bertz CT molecular complexity index is 628. The van der Waals surface area contributed by atoms with Gasteiger partial charge in [0.2, 0.25) is 0 Å². The van der Waals surface area contributed by atoms with Crippen molar-refractivity contribution in [1.82, 2.24) is 10.2 Å². The van der Waals surface area contributed by atoms with Crippen molar-refractivity contribution in [2.24, 2.45) is 0 Å². The summed E-state index contributed by atoms with van der Waals surface area (Å²) in [6.07, 6.45) is 9.15. The fraction of sp³-hybridized carbons (Fsp3) is 0.524. The maximum atomic E-state index is 5.62. The van der Waals surface area contributed by atoms with Gasteiger partial charge >= 0.3 is 0 Å². The van der Waals surface area contributed by atoms with Crippen molar-refractivity contribution < 1.29 is 4.42 Å². The number of fused-ring (bicyclic) bond motifs is 1.